The summed E-state index contributed by atoms with van der Waals surface area (Å²) < 4.78 is 103. The number of hydrogen-bond acceptors (Lipinski definition) is 3. The highest BCUT2D eigenvalue weighted by molar-refractivity contribution is 5.56. The van der Waals surface area contributed by atoms with Crippen molar-refractivity contribution in [1.82, 2.24) is 0 Å². The van der Waals surface area contributed by atoms with Crippen molar-refractivity contribution in [3.05, 3.63) is 70.5 Å². The van der Waals surface area contributed by atoms with Crippen LogP contribution in [0, 0.1) is 11.7 Å². The molecule has 0 amide bonds. The summed E-state index contributed by atoms with van der Waals surface area (Å²) >= 11 is 0. The van der Waals surface area contributed by atoms with Crippen LogP contribution in [0.2, 0.25) is 0 Å². The summed E-state index contributed by atoms with van der Waals surface area (Å²) in [5.41, 5.74) is -2.43. The Morgan fingerprint density at radius 1 is 0.969 bits per heavy atom. The quantitative estimate of drug-likeness (QED) is 0.403. The lowest BCUT2D eigenvalue weighted by molar-refractivity contribution is -0.186. The molecule has 32 heavy (non-hydrogen) atoms. The Balaban J connectivity index is 1.76. The predicted octanol–water partition coefficient (Wildman–Crippen LogP) is 5.77. The lowest BCUT2D eigenvalue weighted by atomic mass is 9.83. The third-order valence-electron chi connectivity index (χ3n) is 5.24. The van der Waals surface area contributed by atoms with E-state index < -0.39 is 47.4 Å². The van der Waals surface area contributed by atoms with Gasteiger partial charge in [0.1, 0.15) is 12.1 Å². The number of alkyl halides is 6. The molecular formula is C22H19F7O3. The first-order chi connectivity index (χ1) is 15.0. The summed E-state index contributed by atoms with van der Waals surface area (Å²) in [7, 11) is 0. The Morgan fingerprint density at radius 2 is 1.56 bits per heavy atom. The molecule has 1 saturated heterocycles. The van der Waals surface area contributed by atoms with Crippen LogP contribution in [0.5, 0.6) is 0 Å². The first kappa shape index (κ1) is 24.2. The molecule has 0 unspecified atom stereocenters. The Labute approximate surface area is 179 Å². The molecule has 0 radical (unpaired) electrons. The van der Waals surface area contributed by atoms with Crippen LogP contribution in [0.1, 0.15) is 34.6 Å². The van der Waals surface area contributed by atoms with Crippen LogP contribution < -0.4 is 0 Å². The first-order valence-electron chi connectivity index (χ1n) is 9.71. The van der Waals surface area contributed by atoms with Gasteiger partial charge in [-0.25, -0.2) is 4.39 Å². The van der Waals surface area contributed by atoms with E-state index in [9.17, 15) is 35.5 Å². The number of halogens is 7. The Kier molecular flexibility index (Phi) is 7.24. The molecule has 3 nitrogen and oxygen atoms in total. The molecule has 1 aliphatic rings. The molecule has 174 valence electrons. The number of carbonyl (C=O) groups is 1. The van der Waals surface area contributed by atoms with Gasteiger partial charge in [0.2, 0.25) is 0 Å². The summed E-state index contributed by atoms with van der Waals surface area (Å²) in [5.74, 6) is -1.56. The zero-order valence-electron chi connectivity index (χ0n) is 16.5. The smallest absolute Gasteiger partial charge is 0.352 e. The number of aldehydes is 1. The second-order valence-corrected chi connectivity index (χ2v) is 7.44. The minimum atomic E-state index is -4.94. The summed E-state index contributed by atoms with van der Waals surface area (Å²) in [4.78, 5) is 11.5. The maximum atomic E-state index is 13.3. The van der Waals surface area contributed by atoms with Crippen LogP contribution in [-0.2, 0) is 33.0 Å². The minimum Gasteiger partial charge on any atom is -0.352 e. The fraction of sp³-hybridized carbons (Fsp3) is 0.409. The molecule has 0 N–H and O–H groups in total. The van der Waals surface area contributed by atoms with Gasteiger partial charge in [0.25, 0.3) is 0 Å². The van der Waals surface area contributed by atoms with Crippen molar-refractivity contribution >= 4 is 6.29 Å². The molecule has 1 fully saturated rings. The summed E-state index contributed by atoms with van der Waals surface area (Å²) in [6.07, 6.45) is -9.95. The number of benzene rings is 2. The summed E-state index contributed by atoms with van der Waals surface area (Å²) in [5, 5.41) is 0. The molecule has 0 spiro atoms. The zero-order chi connectivity index (χ0) is 23.5. The number of rotatable bonds is 6. The number of carbonyl (C=O) groups excluding carboxylic acids is 1. The molecule has 3 rings (SSSR count). The second kappa shape index (κ2) is 9.58. The Hall–Kier alpha value is -2.46. The fourth-order valence-corrected chi connectivity index (χ4v) is 3.66. The molecule has 2 aromatic rings. The van der Waals surface area contributed by atoms with Gasteiger partial charge in [-0.3, -0.25) is 0 Å². The normalized spacial score (nSPS) is 22.0. The van der Waals surface area contributed by atoms with Gasteiger partial charge in [0.15, 0.2) is 6.29 Å². The van der Waals surface area contributed by atoms with Crippen molar-refractivity contribution < 1.29 is 45.0 Å². The summed E-state index contributed by atoms with van der Waals surface area (Å²) in [6, 6.07) is 6.73. The maximum Gasteiger partial charge on any atom is 0.416 e. The molecule has 1 heterocycles. The maximum absolute atomic E-state index is 13.3. The van der Waals surface area contributed by atoms with E-state index in [4.69, 9.17) is 9.47 Å². The van der Waals surface area contributed by atoms with Crippen molar-refractivity contribution in [1.29, 1.82) is 0 Å². The third kappa shape index (κ3) is 5.86. The van der Waals surface area contributed by atoms with Gasteiger partial charge in [0.05, 0.1) is 24.3 Å². The van der Waals surface area contributed by atoms with E-state index in [-0.39, 0.29) is 31.3 Å². The zero-order valence-corrected chi connectivity index (χ0v) is 16.5. The lowest BCUT2D eigenvalue weighted by Gasteiger charge is -2.35. The third-order valence-corrected chi connectivity index (χ3v) is 5.24. The molecular weight excluding hydrogens is 445 g/mol. The van der Waals surface area contributed by atoms with E-state index >= 15 is 0 Å². The van der Waals surface area contributed by atoms with Crippen molar-refractivity contribution in [3.8, 4) is 0 Å². The van der Waals surface area contributed by atoms with Crippen LogP contribution >= 0.6 is 0 Å². The van der Waals surface area contributed by atoms with Crippen LogP contribution in [0.4, 0.5) is 30.7 Å². The van der Waals surface area contributed by atoms with Gasteiger partial charge < -0.3 is 14.3 Å². The van der Waals surface area contributed by atoms with E-state index in [1.165, 1.54) is 24.3 Å². The number of ether oxygens (including phenoxy) is 2. The van der Waals surface area contributed by atoms with Crippen LogP contribution in [0.3, 0.4) is 0 Å². The Bertz CT molecular complexity index is 890. The van der Waals surface area contributed by atoms with Crippen molar-refractivity contribution in [2.75, 3.05) is 13.2 Å². The molecule has 10 heteroatoms. The monoisotopic (exact) mass is 464 g/mol. The topological polar surface area (TPSA) is 35.5 Å². The van der Waals surface area contributed by atoms with Gasteiger partial charge >= 0.3 is 12.4 Å². The standard InChI is InChI=1S/C22H19F7O3/c23-18-3-1-14(2-4-18)19-15(12-30)6-8-32-20(19)31-7-5-13-9-16(21(24,25)26)11-17(10-13)22(27,28)29/h1-4,9-12,15,19-20H,5-8H2/t15-,19-,20-/m0/s1. The summed E-state index contributed by atoms with van der Waals surface area (Å²) in [6.45, 7) is -0.0555. The fourth-order valence-electron chi connectivity index (χ4n) is 3.66. The van der Waals surface area contributed by atoms with Crippen molar-refractivity contribution in [2.24, 2.45) is 5.92 Å². The average Bonchev–Trinajstić information content (AvgIpc) is 2.73. The van der Waals surface area contributed by atoms with Gasteiger partial charge in [-0.05, 0) is 54.3 Å². The van der Waals surface area contributed by atoms with Crippen LogP contribution in [0.25, 0.3) is 0 Å². The molecule has 0 aromatic heterocycles. The van der Waals surface area contributed by atoms with Gasteiger partial charge in [-0.2, -0.15) is 26.3 Å². The second-order valence-electron chi connectivity index (χ2n) is 7.44. The van der Waals surface area contributed by atoms with Gasteiger partial charge in [-0.15, -0.1) is 0 Å². The van der Waals surface area contributed by atoms with Gasteiger partial charge in [-0.1, -0.05) is 12.1 Å². The lowest BCUT2D eigenvalue weighted by Crippen LogP contribution is -2.37. The molecule has 0 aliphatic carbocycles. The van der Waals surface area contributed by atoms with E-state index in [1.807, 2.05) is 0 Å². The van der Waals surface area contributed by atoms with E-state index in [1.54, 1.807) is 0 Å². The Morgan fingerprint density at radius 3 is 2.09 bits per heavy atom. The molecule has 3 atom stereocenters. The number of hydrogen-bond donors (Lipinski definition) is 0. The van der Waals surface area contributed by atoms with E-state index in [0.29, 0.717) is 24.1 Å². The highest BCUT2D eigenvalue weighted by Crippen LogP contribution is 2.38. The van der Waals surface area contributed by atoms with Crippen molar-refractivity contribution in [2.45, 2.75) is 37.4 Å². The molecule has 1 aliphatic heterocycles. The average molecular weight is 464 g/mol. The minimum absolute atomic E-state index is 0.0633. The highest BCUT2D eigenvalue weighted by atomic mass is 19.4. The largest absolute Gasteiger partial charge is 0.416 e. The molecule has 0 bridgehead atoms. The van der Waals surface area contributed by atoms with E-state index in [2.05, 4.69) is 0 Å². The van der Waals surface area contributed by atoms with Crippen LogP contribution in [0.15, 0.2) is 42.5 Å². The highest BCUT2D eigenvalue weighted by Gasteiger charge is 2.38. The first-order valence-corrected chi connectivity index (χ1v) is 9.71. The van der Waals surface area contributed by atoms with Crippen molar-refractivity contribution in [3.63, 3.8) is 0 Å². The predicted molar refractivity (Wildman–Crippen MR) is 99.2 cm³/mol. The van der Waals surface area contributed by atoms with Gasteiger partial charge in [0, 0.05) is 11.8 Å². The van der Waals surface area contributed by atoms with E-state index in [0.717, 1.165) is 6.29 Å². The molecule has 2 aromatic carbocycles. The SMILES string of the molecule is O=C[C@@H]1CCO[C@H](OCCc2cc(C(F)(F)F)cc(C(F)(F)F)c2)[C@H]1c1ccc(F)cc1. The molecule has 0 saturated carbocycles. The van der Waals surface area contributed by atoms with Crippen LogP contribution in [-0.4, -0.2) is 25.8 Å².